The van der Waals surface area contributed by atoms with E-state index >= 15 is 0 Å². The number of hydrogen-bond donors (Lipinski definition) is 4. The van der Waals surface area contributed by atoms with Crippen molar-refractivity contribution in [2.75, 3.05) is 17.8 Å². The van der Waals surface area contributed by atoms with Gasteiger partial charge in [-0.15, -0.1) is 11.8 Å². The van der Waals surface area contributed by atoms with Crippen molar-refractivity contribution in [3.63, 3.8) is 0 Å². The van der Waals surface area contributed by atoms with Crippen LogP contribution in [0.2, 0.25) is 0 Å². The average Bonchev–Trinajstić information content (AvgIpc) is 2.26. The van der Waals surface area contributed by atoms with E-state index in [-0.39, 0.29) is 6.61 Å². The predicted octanol–water partition coefficient (Wildman–Crippen LogP) is -0.793. The van der Waals surface area contributed by atoms with E-state index in [1.807, 2.05) is 0 Å². The number of thioether (sulfide) groups is 1. The summed E-state index contributed by atoms with van der Waals surface area (Å²) in [6.07, 6.45) is 0.833. The van der Waals surface area contributed by atoms with Gasteiger partial charge in [-0.25, -0.2) is 15.8 Å². The Morgan fingerprint density at radius 3 is 3.07 bits per heavy atom. The fraction of sp³-hybridized carbons (Fsp3) is 0.429. The lowest BCUT2D eigenvalue weighted by Crippen LogP contribution is -2.15. The maximum absolute atomic E-state index is 9.09. The number of aromatic nitrogens is 2. The summed E-state index contributed by atoms with van der Waals surface area (Å²) in [4.78, 5) is 7.85. The van der Waals surface area contributed by atoms with Gasteiger partial charge in [0.25, 0.3) is 0 Å². The highest BCUT2D eigenvalue weighted by molar-refractivity contribution is 7.99. The van der Waals surface area contributed by atoms with Crippen LogP contribution in [0.1, 0.15) is 0 Å². The molecule has 7 heteroatoms. The molecule has 0 fully saturated rings. The predicted molar refractivity (Wildman–Crippen MR) is 53.7 cm³/mol. The third kappa shape index (κ3) is 3.46. The van der Waals surface area contributed by atoms with E-state index in [0.29, 0.717) is 16.7 Å². The van der Waals surface area contributed by atoms with E-state index in [1.54, 1.807) is 12.3 Å². The van der Waals surface area contributed by atoms with E-state index in [2.05, 4.69) is 15.4 Å². The second-order valence-electron chi connectivity index (χ2n) is 2.51. The second-order valence-corrected chi connectivity index (χ2v) is 3.55. The van der Waals surface area contributed by atoms with Crippen LogP contribution in [-0.2, 0) is 0 Å². The monoisotopic (exact) mass is 216 g/mol. The lowest BCUT2D eigenvalue weighted by atomic mass is 10.4. The molecule has 0 aliphatic carbocycles. The largest absolute Gasteiger partial charge is 0.394 e. The van der Waals surface area contributed by atoms with Crippen LogP contribution in [-0.4, -0.2) is 38.6 Å². The molecule has 0 saturated heterocycles. The minimum absolute atomic E-state index is 0.250. The molecule has 14 heavy (non-hydrogen) atoms. The van der Waals surface area contributed by atoms with Crippen LogP contribution in [0.15, 0.2) is 17.3 Å². The van der Waals surface area contributed by atoms with Gasteiger partial charge in [-0.1, -0.05) is 0 Å². The fourth-order valence-electron chi connectivity index (χ4n) is 0.726. The highest BCUT2D eigenvalue weighted by Gasteiger charge is 2.04. The summed E-state index contributed by atoms with van der Waals surface area (Å²) in [7, 11) is 0. The topological polar surface area (TPSA) is 104 Å². The summed E-state index contributed by atoms with van der Waals surface area (Å²) in [5, 5.41) is 18.4. The molecule has 78 valence electrons. The molecular formula is C7H12N4O2S. The smallest absolute Gasteiger partial charge is 0.238 e. The first-order chi connectivity index (χ1) is 6.76. The van der Waals surface area contributed by atoms with Gasteiger partial charge >= 0.3 is 0 Å². The van der Waals surface area contributed by atoms with Crippen LogP contribution in [0.3, 0.4) is 0 Å². The molecule has 0 aliphatic rings. The Balaban J connectivity index is 2.50. The molecule has 0 amide bonds. The van der Waals surface area contributed by atoms with Gasteiger partial charge in [-0.3, -0.25) is 5.43 Å². The van der Waals surface area contributed by atoms with Gasteiger partial charge in [-0.05, 0) is 6.07 Å². The summed E-state index contributed by atoms with van der Waals surface area (Å²) in [5.41, 5.74) is 2.32. The molecule has 1 aromatic heterocycles. The van der Waals surface area contributed by atoms with Crippen molar-refractivity contribution in [3.05, 3.63) is 12.3 Å². The Morgan fingerprint density at radius 1 is 1.64 bits per heavy atom. The zero-order valence-electron chi connectivity index (χ0n) is 7.42. The molecule has 0 aromatic carbocycles. The van der Waals surface area contributed by atoms with Gasteiger partial charge in [0.1, 0.15) is 5.03 Å². The number of aliphatic hydroxyl groups excluding tert-OH is 2. The summed E-state index contributed by atoms with van der Waals surface area (Å²) < 4.78 is 0. The number of hydrazine groups is 1. The third-order valence-electron chi connectivity index (χ3n) is 1.39. The molecule has 0 spiro atoms. The molecule has 0 saturated carbocycles. The van der Waals surface area contributed by atoms with Crippen molar-refractivity contribution in [2.45, 2.75) is 11.1 Å². The summed E-state index contributed by atoms with van der Waals surface area (Å²) >= 11 is 1.33. The lowest BCUT2D eigenvalue weighted by molar-refractivity contribution is 0.113. The Labute approximate surface area is 85.5 Å². The van der Waals surface area contributed by atoms with Crippen LogP contribution < -0.4 is 11.3 Å². The van der Waals surface area contributed by atoms with E-state index in [1.165, 1.54) is 11.8 Å². The molecule has 1 heterocycles. The average molecular weight is 216 g/mol. The normalized spacial score (nSPS) is 12.5. The Hall–Kier alpha value is -0.890. The van der Waals surface area contributed by atoms with Crippen molar-refractivity contribution in [2.24, 2.45) is 5.84 Å². The molecule has 5 N–H and O–H groups in total. The number of hydrogen-bond acceptors (Lipinski definition) is 7. The number of nitrogens with zero attached hydrogens (tertiary/aromatic N) is 2. The molecule has 0 radical (unpaired) electrons. The zero-order valence-corrected chi connectivity index (χ0v) is 8.24. The number of rotatable bonds is 5. The maximum atomic E-state index is 9.09. The van der Waals surface area contributed by atoms with Crippen molar-refractivity contribution >= 4 is 17.7 Å². The van der Waals surface area contributed by atoms with Gasteiger partial charge in [0.05, 0.1) is 12.7 Å². The van der Waals surface area contributed by atoms with Crippen molar-refractivity contribution in [1.29, 1.82) is 0 Å². The lowest BCUT2D eigenvalue weighted by Gasteiger charge is -2.06. The molecule has 1 aromatic rings. The second kappa shape index (κ2) is 5.76. The van der Waals surface area contributed by atoms with Crippen molar-refractivity contribution < 1.29 is 10.2 Å². The molecule has 1 rings (SSSR count). The van der Waals surface area contributed by atoms with E-state index < -0.39 is 6.10 Å². The number of nitrogens with two attached hydrogens (primary N) is 1. The Kier molecular flexibility index (Phi) is 4.60. The molecule has 1 atom stereocenters. The number of anilines is 1. The van der Waals surface area contributed by atoms with E-state index in [9.17, 15) is 0 Å². The molecule has 0 aliphatic heterocycles. The summed E-state index contributed by atoms with van der Waals surface area (Å²) in [6.45, 7) is -0.250. The Bertz CT molecular complexity index is 286. The number of nitrogen functional groups attached to an aromatic ring is 1. The zero-order chi connectivity index (χ0) is 10.4. The maximum Gasteiger partial charge on any atom is 0.238 e. The quantitative estimate of drug-likeness (QED) is 0.221. The molecular weight excluding hydrogens is 204 g/mol. The van der Waals surface area contributed by atoms with Crippen molar-refractivity contribution in [3.8, 4) is 0 Å². The minimum atomic E-state index is -0.732. The van der Waals surface area contributed by atoms with Gasteiger partial charge < -0.3 is 10.2 Å². The van der Waals surface area contributed by atoms with Gasteiger partial charge in [0, 0.05) is 11.9 Å². The van der Waals surface area contributed by atoms with Gasteiger partial charge in [-0.2, -0.15) is 0 Å². The number of nitrogens with one attached hydrogen (secondary N) is 1. The summed E-state index contributed by atoms with van der Waals surface area (Å²) in [5.74, 6) is 5.84. The van der Waals surface area contributed by atoms with Crippen LogP contribution in [0, 0.1) is 0 Å². The van der Waals surface area contributed by atoms with E-state index in [0.717, 1.165) is 0 Å². The Morgan fingerprint density at radius 2 is 2.43 bits per heavy atom. The van der Waals surface area contributed by atoms with Crippen molar-refractivity contribution in [1.82, 2.24) is 9.97 Å². The van der Waals surface area contributed by atoms with Gasteiger partial charge in [0.2, 0.25) is 5.95 Å². The van der Waals surface area contributed by atoms with Crippen LogP contribution in [0.4, 0.5) is 5.95 Å². The van der Waals surface area contributed by atoms with Gasteiger partial charge in [0.15, 0.2) is 0 Å². The highest BCUT2D eigenvalue weighted by atomic mass is 32.2. The van der Waals surface area contributed by atoms with Crippen LogP contribution in [0.5, 0.6) is 0 Å². The highest BCUT2D eigenvalue weighted by Crippen LogP contribution is 2.16. The number of aliphatic hydroxyl groups is 2. The van der Waals surface area contributed by atoms with Crippen LogP contribution in [0.25, 0.3) is 0 Å². The standard InChI is InChI=1S/C7H12N4O2S/c8-11-7-9-2-1-6(10-7)14-4-5(13)3-12/h1-2,5,12-13H,3-4,8H2,(H,9,10,11). The SMILES string of the molecule is NNc1nccc(SCC(O)CO)n1. The molecule has 6 nitrogen and oxygen atoms in total. The third-order valence-corrected chi connectivity index (χ3v) is 2.47. The fourth-order valence-corrected chi connectivity index (χ4v) is 1.50. The molecule has 1 unspecified atom stereocenters. The van der Waals surface area contributed by atoms with Crippen LogP contribution >= 0.6 is 11.8 Å². The first kappa shape index (κ1) is 11.2. The summed E-state index contributed by atoms with van der Waals surface area (Å²) in [6, 6.07) is 1.70. The van der Waals surface area contributed by atoms with E-state index in [4.69, 9.17) is 16.1 Å². The minimum Gasteiger partial charge on any atom is -0.394 e. The molecule has 0 bridgehead atoms. The first-order valence-electron chi connectivity index (χ1n) is 3.97. The first-order valence-corrected chi connectivity index (χ1v) is 4.96.